The van der Waals surface area contributed by atoms with Crippen LogP contribution in [0.5, 0.6) is 0 Å². The quantitative estimate of drug-likeness (QED) is 0.482. The van der Waals surface area contributed by atoms with Crippen LogP contribution in [0.4, 0.5) is 5.69 Å². The Balaban J connectivity index is 1.64. The molecule has 1 N–H and O–H groups in total. The molecule has 0 bridgehead atoms. The van der Waals surface area contributed by atoms with Crippen molar-refractivity contribution in [3.05, 3.63) is 82.9 Å². The number of aliphatic imine (C=N–C) groups is 5. The molecule has 4 rings (SSSR count). The molecular weight excluding hydrogens is 368 g/mol. The van der Waals surface area contributed by atoms with Gasteiger partial charge in [0.2, 0.25) is 12.2 Å². The van der Waals surface area contributed by atoms with Crippen LogP contribution in [0.1, 0.15) is 5.69 Å². The summed E-state index contributed by atoms with van der Waals surface area (Å²) in [5.74, 6) is 2.62. The van der Waals surface area contributed by atoms with Crippen molar-refractivity contribution in [1.82, 2.24) is 4.98 Å². The van der Waals surface area contributed by atoms with Crippen molar-refractivity contribution in [2.45, 2.75) is 0 Å². The van der Waals surface area contributed by atoms with Crippen LogP contribution in [0.3, 0.4) is 0 Å². The van der Waals surface area contributed by atoms with E-state index in [4.69, 9.17) is 0 Å². The Morgan fingerprint density at radius 2 is 1.90 bits per heavy atom. The molecule has 0 atom stereocenters. The van der Waals surface area contributed by atoms with Crippen molar-refractivity contribution in [2.75, 3.05) is 0 Å². The average molecular weight is 378 g/mol. The van der Waals surface area contributed by atoms with Crippen molar-refractivity contribution in [3.8, 4) is 0 Å². The minimum atomic E-state index is 0.355. The standard InChI is InChI=1S/C21H10N6O2/c28-12-24-18-5-7-23-19(18)10-17-11-20(25-13-29)21(27-17)9-16-4-3-15(26-16)8-14-2-1-6-22-14/h2-5,7-11,23H. The highest BCUT2D eigenvalue weighted by Gasteiger charge is 2.15. The van der Waals surface area contributed by atoms with Crippen molar-refractivity contribution < 1.29 is 9.59 Å². The summed E-state index contributed by atoms with van der Waals surface area (Å²) < 4.78 is 0. The van der Waals surface area contributed by atoms with Gasteiger partial charge < -0.3 is 4.98 Å². The van der Waals surface area contributed by atoms with Crippen molar-refractivity contribution in [3.63, 3.8) is 0 Å². The zero-order valence-electron chi connectivity index (χ0n) is 14.7. The van der Waals surface area contributed by atoms with Gasteiger partial charge >= 0.3 is 0 Å². The molecule has 0 spiro atoms. The number of hydrogen-bond donors (Lipinski definition) is 1. The van der Waals surface area contributed by atoms with Crippen LogP contribution in [0.2, 0.25) is 0 Å². The molecule has 0 aromatic carbocycles. The Kier molecular flexibility index (Phi) is 4.83. The van der Waals surface area contributed by atoms with E-state index in [2.05, 4.69) is 41.5 Å². The van der Waals surface area contributed by atoms with Crippen LogP contribution >= 0.6 is 0 Å². The number of H-pyrrole nitrogens is 1. The number of rotatable bonds is 5. The number of isocyanates is 2. The van der Waals surface area contributed by atoms with E-state index in [0.717, 1.165) is 5.71 Å². The number of nitrogens with zero attached hydrogens (tertiary/aromatic N) is 5. The highest BCUT2D eigenvalue weighted by molar-refractivity contribution is 6.14. The fourth-order valence-corrected chi connectivity index (χ4v) is 2.70. The summed E-state index contributed by atoms with van der Waals surface area (Å²) in [5.41, 5.74) is 7.19. The van der Waals surface area contributed by atoms with Gasteiger partial charge in [0.05, 0.1) is 34.2 Å². The number of nitrogens with one attached hydrogen (secondary N) is 1. The summed E-state index contributed by atoms with van der Waals surface area (Å²) >= 11 is 0. The number of allylic oxidation sites excluding steroid dienone is 6. The number of aromatic amines is 1. The highest BCUT2D eigenvalue weighted by atomic mass is 16.1. The van der Waals surface area contributed by atoms with E-state index in [1.807, 2.05) is 12.2 Å². The van der Waals surface area contributed by atoms with Gasteiger partial charge in [-0.3, -0.25) is 0 Å². The summed E-state index contributed by atoms with van der Waals surface area (Å²) in [6.07, 6.45) is 16.9. The van der Waals surface area contributed by atoms with Crippen LogP contribution in [-0.4, -0.2) is 34.4 Å². The third kappa shape index (κ3) is 4.02. The lowest BCUT2D eigenvalue weighted by Crippen LogP contribution is -1.93. The molecule has 8 nitrogen and oxygen atoms in total. The van der Waals surface area contributed by atoms with Crippen LogP contribution < -0.4 is 0 Å². The third-order valence-corrected chi connectivity index (χ3v) is 3.91. The van der Waals surface area contributed by atoms with Crippen LogP contribution in [0.25, 0.3) is 6.08 Å². The lowest BCUT2D eigenvalue weighted by molar-refractivity contribution is 0.564. The minimum Gasteiger partial charge on any atom is -0.360 e. The summed E-state index contributed by atoms with van der Waals surface area (Å²) in [4.78, 5) is 44.5. The van der Waals surface area contributed by atoms with Crippen molar-refractivity contribution >= 4 is 41.2 Å². The van der Waals surface area contributed by atoms with Crippen LogP contribution in [0, 0.1) is 0 Å². The minimum absolute atomic E-state index is 0.355. The van der Waals surface area contributed by atoms with E-state index < -0.39 is 0 Å². The predicted molar refractivity (Wildman–Crippen MR) is 108 cm³/mol. The average Bonchev–Trinajstić information content (AvgIpc) is 3.49. The molecule has 29 heavy (non-hydrogen) atoms. The van der Waals surface area contributed by atoms with E-state index in [-0.39, 0.29) is 0 Å². The molecule has 0 saturated heterocycles. The molecule has 136 valence electrons. The molecule has 4 heterocycles. The second-order valence-electron chi connectivity index (χ2n) is 5.80. The predicted octanol–water partition coefficient (Wildman–Crippen LogP) is 3.17. The molecule has 8 heteroatoms. The fraction of sp³-hybridized carbons (Fsp3) is 0. The van der Waals surface area contributed by atoms with Crippen LogP contribution in [-0.2, 0) is 9.59 Å². The van der Waals surface area contributed by atoms with Crippen molar-refractivity contribution in [1.29, 1.82) is 0 Å². The first-order valence-electron chi connectivity index (χ1n) is 8.35. The molecule has 0 aliphatic carbocycles. The smallest absolute Gasteiger partial charge is 0.240 e. The largest absolute Gasteiger partial charge is 0.360 e. The topological polar surface area (TPSA) is 112 Å². The molecule has 3 aliphatic rings. The Hall–Kier alpha value is -4.69. The molecule has 1 aromatic heterocycles. The molecule has 1 aromatic rings. The maximum absolute atomic E-state index is 10.8. The van der Waals surface area contributed by atoms with Crippen molar-refractivity contribution in [2.24, 2.45) is 25.0 Å². The van der Waals surface area contributed by atoms with Gasteiger partial charge in [0.15, 0.2) is 0 Å². The Bertz CT molecular complexity index is 1300. The van der Waals surface area contributed by atoms with Gasteiger partial charge in [-0.2, -0.15) is 15.0 Å². The zero-order chi connectivity index (χ0) is 20.1. The van der Waals surface area contributed by atoms with E-state index >= 15 is 0 Å². The molecule has 0 unspecified atom stereocenters. The zero-order valence-corrected chi connectivity index (χ0v) is 14.7. The molecular formula is C21H10N6O2. The SMILES string of the molecule is O=C=NC1=CC(=Cc2[nH]ccc2N=C=O)N=C1C=C1C=CC(C=C2C=C=C=N2)=N1. The molecule has 3 aliphatic heterocycles. The van der Waals surface area contributed by atoms with E-state index in [1.165, 1.54) is 12.2 Å². The number of carbonyl (C=O) groups excluding carboxylic acids is 2. The summed E-state index contributed by atoms with van der Waals surface area (Å²) in [5, 5.41) is 0. The summed E-state index contributed by atoms with van der Waals surface area (Å²) in [6, 6.07) is 1.64. The summed E-state index contributed by atoms with van der Waals surface area (Å²) in [7, 11) is 0. The van der Waals surface area contributed by atoms with Crippen LogP contribution in [0.15, 0.2) is 102 Å². The van der Waals surface area contributed by atoms with E-state index in [1.54, 1.807) is 42.6 Å². The molecule has 0 radical (unpaired) electrons. The van der Waals surface area contributed by atoms with Gasteiger partial charge in [-0.15, -0.1) is 0 Å². The Morgan fingerprint density at radius 3 is 2.69 bits per heavy atom. The first-order valence-corrected chi connectivity index (χ1v) is 8.35. The van der Waals surface area contributed by atoms with Gasteiger partial charge in [0.1, 0.15) is 11.4 Å². The van der Waals surface area contributed by atoms with Gasteiger partial charge in [-0.1, -0.05) is 0 Å². The van der Waals surface area contributed by atoms with E-state index in [9.17, 15) is 9.59 Å². The first-order chi connectivity index (χ1) is 14.2. The van der Waals surface area contributed by atoms with Gasteiger partial charge in [0.25, 0.3) is 0 Å². The Morgan fingerprint density at radius 1 is 1.00 bits per heavy atom. The summed E-state index contributed by atoms with van der Waals surface area (Å²) in [6.45, 7) is 0. The van der Waals surface area contributed by atoms with Gasteiger partial charge in [-0.25, -0.2) is 19.6 Å². The fourth-order valence-electron chi connectivity index (χ4n) is 2.70. The second kappa shape index (κ2) is 7.91. The maximum atomic E-state index is 10.8. The second-order valence-corrected chi connectivity index (χ2v) is 5.80. The lowest BCUT2D eigenvalue weighted by atomic mass is 10.2. The van der Waals surface area contributed by atoms with Gasteiger partial charge in [0, 0.05) is 18.1 Å². The maximum Gasteiger partial charge on any atom is 0.240 e. The number of hydrogen-bond acceptors (Lipinski definition) is 7. The number of aromatic nitrogens is 1. The normalized spacial score (nSPS) is 20.3. The molecule has 0 fully saturated rings. The monoisotopic (exact) mass is 378 g/mol. The third-order valence-electron chi connectivity index (χ3n) is 3.91. The van der Waals surface area contributed by atoms with E-state index in [0.29, 0.717) is 39.9 Å². The van der Waals surface area contributed by atoms with Gasteiger partial charge in [-0.05, 0) is 48.3 Å². The molecule has 0 amide bonds. The first kappa shape index (κ1) is 17.7. The Labute approximate surface area is 164 Å². The lowest BCUT2D eigenvalue weighted by Gasteiger charge is -1.94. The highest BCUT2D eigenvalue weighted by Crippen LogP contribution is 2.25. The molecule has 0 saturated carbocycles.